The molecule has 1 aliphatic rings. The Kier molecular flexibility index (Phi) is 3.08. The van der Waals surface area contributed by atoms with E-state index in [-0.39, 0.29) is 6.42 Å². The number of ether oxygens (including phenoxy) is 2. The first kappa shape index (κ1) is 11.4. The highest BCUT2D eigenvalue weighted by atomic mass is 16.7. The third-order valence-electron chi connectivity index (χ3n) is 2.67. The molecule has 1 N–H and O–H groups in total. The molecular weight excluding hydrogens is 190 g/mol. The number of nitrogens with zero attached hydrogens (tertiary/aromatic N) is 1. The first-order valence-corrected chi connectivity index (χ1v) is 4.42. The smallest absolute Gasteiger partial charge is 0.252 e. The molecule has 0 bridgehead atoms. The van der Waals surface area contributed by atoms with Crippen LogP contribution in [0, 0.1) is 10.1 Å². The fraction of sp³-hybridized carbons (Fsp3) is 1.00. The maximum Gasteiger partial charge on any atom is 0.252 e. The molecule has 0 saturated carbocycles. The maximum atomic E-state index is 10.9. The number of aliphatic hydroxyl groups excluding tert-OH is 1. The molecule has 4 atom stereocenters. The van der Waals surface area contributed by atoms with Crippen molar-refractivity contribution in [3.05, 3.63) is 10.1 Å². The summed E-state index contributed by atoms with van der Waals surface area (Å²) < 4.78 is 10.1. The highest BCUT2D eigenvalue weighted by Gasteiger charge is 2.54. The molecule has 0 amide bonds. The predicted octanol–water partition coefficient (Wildman–Crippen LogP) is 0.164. The molecule has 1 fully saturated rings. The molecule has 4 unspecified atom stereocenters. The third-order valence-corrected chi connectivity index (χ3v) is 2.67. The zero-order valence-electron chi connectivity index (χ0n) is 8.47. The van der Waals surface area contributed by atoms with Crippen molar-refractivity contribution in [2.45, 2.75) is 44.3 Å². The van der Waals surface area contributed by atoms with E-state index in [0.717, 1.165) is 0 Å². The first-order valence-electron chi connectivity index (χ1n) is 4.42. The molecule has 0 spiro atoms. The van der Waals surface area contributed by atoms with Gasteiger partial charge in [0.2, 0.25) is 0 Å². The molecule has 0 aliphatic carbocycles. The van der Waals surface area contributed by atoms with Crippen molar-refractivity contribution < 1.29 is 19.5 Å². The van der Waals surface area contributed by atoms with Crippen LogP contribution in [-0.2, 0) is 9.47 Å². The summed E-state index contributed by atoms with van der Waals surface area (Å²) in [7, 11) is 1.41. The van der Waals surface area contributed by atoms with Crippen molar-refractivity contribution >= 4 is 0 Å². The normalized spacial score (nSPS) is 43.6. The van der Waals surface area contributed by atoms with Crippen LogP contribution in [0.2, 0.25) is 0 Å². The summed E-state index contributed by atoms with van der Waals surface area (Å²) in [4.78, 5) is 10.5. The van der Waals surface area contributed by atoms with Gasteiger partial charge in [-0.15, -0.1) is 0 Å². The van der Waals surface area contributed by atoms with E-state index in [1.807, 2.05) is 0 Å². The summed E-state index contributed by atoms with van der Waals surface area (Å²) in [5.74, 6) is 0. The summed E-state index contributed by atoms with van der Waals surface area (Å²) in [5, 5.41) is 20.2. The van der Waals surface area contributed by atoms with Gasteiger partial charge in [0.15, 0.2) is 12.4 Å². The van der Waals surface area contributed by atoms with Crippen LogP contribution in [0.5, 0.6) is 0 Å². The highest BCUT2D eigenvalue weighted by molar-refractivity contribution is 4.92. The van der Waals surface area contributed by atoms with Crippen LogP contribution in [0.1, 0.15) is 20.3 Å². The zero-order valence-corrected chi connectivity index (χ0v) is 8.47. The van der Waals surface area contributed by atoms with Crippen LogP contribution in [0.3, 0.4) is 0 Å². The standard InChI is InChI=1S/C8H15NO5/c1-5-7(13-3)8(2,9(11)12)4-6(10)14-5/h5-7,10H,4H2,1-3H3. The lowest BCUT2D eigenvalue weighted by molar-refractivity contribution is -0.594. The van der Waals surface area contributed by atoms with Gasteiger partial charge in [-0.1, -0.05) is 0 Å². The molecule has 1 saturated heterocycles. The van der Waals surface area contributed by atoms with Gasteiger partial charge in [-0.25, -0.2) is 0 Å². The molecule has 1 heterocycles. The Bertz CT molecular complexity index is 234. The fourth-order valence-corrected chi connectivity index (χ4v) is 1.97. The van der Waals surface area contributed by atoms with Gasteiger partial charge >= 0.3 is 0 Å². The van der Waals surface area contributed by atoms with E-state index in [1.54, 1.807) is 6.92 Å². The second kappa shape index (κ2) is 3.80. The van der Waals surface area contributed by atoms with Crippen LogP contribution >= 0.6 is 0 Å². The third kappa shape index (κ3) is 1.73. The molecule has 0 radical (unpaired) electrons. The quantitative estimate of drug-likeness (QED) is 0.513. The van der Waals surface area contributed by atoms with E-state index >= 15 is 0 Å². The SMILES string of the molecule is COC1C(C)OC(O)CC1(C)[N+](=O)[O-]. The number of rotatable bonds is 2. The van der Waals surface area contributed by atoms with Gasteiger partial charge in [-0.2, -0.15) is 0 Å². The summed E-state index contributed by atoms with van der Waals surface area (Å²) in [5.41, 5.74) is -1.29. The lowest BCUT2D eigenvalue weighted by Gasteiger charge is -2.39. The Labute approximate surface area is 82.0 Å². The van der Waals surface area contributed by atoms with Gasteiger partial charge < -0.3 is 14.6 Å². The molecule has 1 rings (SSSR count). The van der Waals surface area contributed by atoms with Gasteiger partial charge in [0.25, 0.3) is 5.54 Å². The molecule has 6 heteroatoms. The van der Waals surface area contributed by atoms with Crippen LogP contribution in [0.15, 0.2) is 0 Å². The minimum Gasteiger partial charge on any atom is -0.371 e. The zero-order chi connectivity index (χ0) is 10.9. The number of nitro groups is 1. The van der Waals surface area contributed by atoms with Crippen molar-refractivity contribution in [3.8, 4) is 0 Å². The average Bonchev–Trinajstić information content (AvgIpc) is 2.02. The first-order chi connectivity index (χ1) is 6.41. The Hall–Kier alpha value is -0.720. The largest absolute Gasteiger partial charge is 0.371 e. The number of hydrogen-bond donors (Lipinski definition) is 1. The summed E-state index contributed by atoms with van der Waals surface area (Å²) >= 11 is 0. The van der Waals surface area contributed by atoms with E-state index in [9.17, 15) is 15.2 Å². The minimum atomic E-state index is -1.29. The molecule has 82 valence electrons. The van der Waals surface area contributed by atoms with E-state index in [2.05, 4.69) is 0 Å². The van der Waals surface area contributed by atoms with Crippen LogP contribution in [0.4, 0.5) is 0 Å². The second-order valence-corrected chi connectivity index (χ2v) is 3.77. The van der Waals surface area contributed by atoms with Gasteiger partial charge in [-0.3, -0.25) is 10.1 Å². The molecule has 14 heavy (non-hydrogen) atoms. The predicted molar refractivity (Wildman–Crippen MR) is 47.4 cm³/mol. The fourth-order valence-electron chi connectivity index (χ4n) is 1.97. The molecule has 1 aliphatic heterocycles. The van der Waals surface area contributed by atoms with E-state index < -0.39 is 29.0 Å². The Morgan fingerprint density at radius 2 is 2.29 bits per heavy atom. The van der Waals surface area contributed by atoms with Gasteiger partial charge in [0.05, 0.1) is 12.5 Å². The van der Waals surface area contributed by atoms with E-state index in [0.29, 0.717) is 0 Å². The Balaban J connectivity index is 2.93. The van der Waals surface area contributed by atoms with E-state index in [4.69, 9.17) is 9.47 Å². The Morgan fingerprint density at radius 3 is 2.71 bits per heavy atom. The van der Waals surface area contributed by atoms with Crippen molar-refractivity contribution in [1.82, 2.24) is 0 Å². The van der Waals surface area contributed by atoms with Crippen LogP contribution in [0.25, 0.3) is 0 Å². The van der Waals surface area contributed by atoms with E-state index in [1.165, 1.54) is 14.0 Å². The minimum absolute atomic E-state index is 0.0527. The maximum absolute atomic E-state index is 10.9. The lowest BCUT2D eigenvalue weighted by atomic mass is 9.86. The number of hydrogen-bond acceptors (Lipinski definition) is 5. The van der Waals surface area contributed by atoms with Crippen molar-refractivity contribution in [3.63, 3.8) is 0 Å². The second-order valence-electron chi connectivity index (χ2n) is 3.77. The molecule has 0 aromatic carbocycles. The number of aliphatic hydroxyl groups is 1. The highest BCUT2D eigenvalue weighted by Crippen LogP contribution is 2.32. The summed E-state index contributed by atoms with van der Waals surface area (Å²) in [6, 6.07) is 0. The molecule has 0 aromatic heterocycles. The monoisotopic (exact) mass is 205 g/mol. The summed E-state index contributed by atoms with van der Waals surface area (Å²) in [6.07, 6.45) is -2.27. The van der Waals surface area contributed by atoms with Crippen molar-refractivity contribution in [1.29, 1.82) is 0 Å². The van der Waals surface area contributed by atoms with Gasteiger partial charge in [0.1, 0.15) is 0 Å². The molecule has 0 aromatic rings. The number of methoxy groups -OCH3 is 1. The van der Waals surface area contributed by atoms with Crippen molar-refractivity contribution in [2.75, 3.05) is 7.11 Å². The lowest BCUT2D eigenvalue weighted by Crippen LogP contribution is -2.59. The average molecular weight is 205 g/mol. The summed E-state index contributed by atoms with van der Waals surface area (Å²) in [6.45, 7) is 3.11. The topological polar surface area (TPSA) is 81.8 Å². The van der Waals surface area contributed by atoms with Crippen molar-refractivity contribution in [2.24, 2.45) is 0 Å². The molecule has 6 nitrogen and oxygen atoms in total. The van der Waals surface area contributed by atoms with Crippen LogP contribution < -0.4 is 0 Å². The van der Waals surface area contributed by atoms with Gasteiger partial charge in [0, 0.05) is 19.0 Å². The van der Waals surface area contributed by atoms with Gasteiger partial charge in [-0.05, 0) is 6.92 Å². The molecular formula is C8H15NO5. The Morgan fingerprint density at radius 1 is 1.71 bits per heavy atom. The van der Waals surface area contributed by atoms with Crippen LogP contribution in [-0.4, -0.2) is 41.2 Å².